The number of nitrogens with one attached hydrogen (secondary N) is 1. The highest BCUT2D eigenvalue weighted by Crippen LogP contribution is 2.33. The Balaban J connectivity index is 1.88. The van der Waals surface area contributed by atoms with E-state index < -0.39 is 5.82 Å². The van der Waals surface area contributed by atoms with Crippen LogP contribution in [-0.4, -0.2) is 30.2 Å². The zero-order chi connectivity index (χ0) is 22.0. The molecule has 4 rings (SSSR count). The second-order valence-corrected chi connectivity index (χ2v) is 7.79. The van der Waals surface area contributed by atoms with E-state index in [1.165, 1.54) is 12.1 Å². The molecule has 0 bridgehead atoms. The Labute approximate surface area is 180 Å². The molecule has 158 valence electrons. The van der Waals surface area contributed by atoms with E-state index in [1.807, 2.05) is 0 Å². The maximum absolute atomic E-state index is 14.4. The molecule has 0 unspecified atom stereocenters. The van der Waals surface area contributed by atoms with Crippen molar-refractivity contribution in [2.24, 2.45) is 5.92 Å². The van der Waals surface area contributed by atoms with Crippen LogP contribution in [-0.2, 0) is 0 Å². The van der Waals surface area contributed by atoms with Crippen LogP contribution < -0.4 is 15.2 Å². The lowest BCUT2D eigenvalue weighted by atomic mass is 9.99. The fourth-order valence-electron chi connectivity index (χ4n) is 3.81. The third-order valence-electron chi connectivity index (χ3n) is 5.71. The van der Waals surface area contributed by atoms with E-state index in [-0.39, 0.29) is 11.2 Å². The van der Waals surface area contributed by atoms with Gasteiger partial charge in [-0.15, -0.1) is 0 Å². The topological polar surface area (TPSA) is 62.6 Å². The van der Waals surface area contributed by atoms with Gasteiger partial charge in [0.1, 0.15) is 11.6 Å². The number of methoxy groups -OCH3 is 1. The van der Waals surface area contributed by atoms with Crippen molar-refractivity contribution in [2.75, 3.05) is 25.1 Å². The van der Waals surface area contributed by atoms with Gasteiger partial charge in [-0.1, -0.05) is 31.2 Å². The number of nitrogens with zero attached hydrogens (tertiary/aromatic N) is 3. The molecule has 2 heterocycles. The molecule has 0 atom stereocenters. The van der Waals surface area contributed by atoms with E-state index in [9.17, 15) is 9.18 Å². The van der Waals surface area contributed by atoms with Crippen molar-refractivity contribution >= 4 is 11.6 Å². The molecule has 0 aliphatic carbocycles. The molecule has 1 fully saturated rings. The number of ether oxygens (including phenoxy) is 1. The molecule has 7 heteroatoms. The molecule has 31 heavy (non-hydrogen) atoms. The third kappa shape index (κ3) is 4.15. The molecule has 1 saturated heterocycles. The van der Waals surface area contributed by atoms with Gasteiger partial charge < -0.3 is 9.64 Å². The minimum atomic E-state index is -0.636. The van der Waals surface area contributed by atoms with Crippen molar-refractivity contribution in [1.82, 2.24) is 9.97 Å². The summed E-state index contributed by atoms with van der Waals surface area (Å²) in [7, 11) is 1.57. The molecule has 3 aromatic rings. The maximum Gasteiger partial charge on any atom is 0.260 e. The summed E-state index contributed by atoms with van der Waals surface area (Å²) < 4.78 is 19.6. The van der Waals surface area contributed by atoms with Gasteiger partial charge >= 0.3 is 0 Å². The van der Waals surface area contributed by atoms with E-state index in [0.717, 1.165) is 25.9 Å². The second kappa shape index (κ2) is 8.60. The third-order valence-corrected chi connectivity index (χ3v) is 5.71. The van der Waals surface area contributed by atoms with Gasteiger partial charge in [-0.25, -0.2) is 14.2 Å². The molecule has 0 spiro atoms. The normalized spacial score (nSPS) is 14.3. The quantitative estimate of drug-likeness (QED) is 0.603. The van der Waals surface area contributed by atoms with E-state index in [4.69, 9.17) is 16.3 Å². The van der Waals surface area contributed by atoms with Crippen LogP contribution in [0, 0.1) is 18.3 Å². The second-order valence-electron chi connectivity index (χ2n) is 7.79. The highest BCUT2D eigenvalue weighted by atomic mass is 19.1. The van der Waals surface area contributed by atoms with Crippen molar-refractivity contribution in [3.8, 4) is 28.1 Å². The van der Waals surface area contributed by atoms with Crippen molar-refractivity contribution in [3.63, 3.8) is 0 Å². The van der Waals surface area contributed by atoms with Crippen molar-refractivity contribution in [2.45, 2.75) is 19.8 Å². The highest BCUT2D eigenvalue weighted by molar-refractivity contribution is 5.81. The summed E-state index contributed by atoms with van der Waals surface area (Å²) in [6.45, 7) is 10.9. The van der Waals surface area contributed by atoms with E-state index in [2.05, 4.69) is 21.7 Å². The van der Waals surface area contributed by atoms with Crippen LogP contribution in [0.15, 0.2) is 47.3 Å². The Morgan fingerprint density at radius 3 is 2.45 bits per heavy atom. The molecular formula is C24H23FN4O2. The first-order valence-corrected chi connectivity index (χ1v) is 10.2. The number of H-pyrrole nitrogens is 1. The van der Waals surface area contributed by atoms with Crippen LogP contribution >= 0.6 is 0 Å². The molecule has 0 radical (unpaired) electrons. The molecule has 1 aliphatic heterocycles. The average molecular weight is 418 g/mol. The standard InChI is InChI=1S/C24H23FN4O2/c1-15-10-12-29(13-11-15)24-27-22(17-6-9-20(26-2)19(25)14-17)21(23(30)28-24)16-4-7-18(31-3)8-5-16/h4-9,14-15H,10-13H2,1,3H3,(H,27,28,30). The first-order chi connectivity index (χ1) is 15.0. The molecular weight excluding hydrogens is 395 g/mol. The first kappa shape index (κ1) is 20.6. The summed E-state index contributed by atoms with van der Waals surface area (Å²) in [4.78, 5) is 26.1. The van der Waals surface area contributed by atoms with Gasteiger partial charge in [0.15, 0.2) is 0 Å². The monoisotopic (exact) mass is 418 g/mol. The predicted octanol–water partition coefficient (Wildman–Crippen LogP) is 5.04. The Morgan fingerprint density at radius 2 is 1.84 bits per heavy atom. The summed E-state index contributed by atoms with van der Waals surface area (Å²) in [5, 5.41) is 0. The molecule has 0 amide bonds. The summed E-state index contributed by atoms with van der Waals surface area (Å²) in [6.07, 6.45) is 2.04. The zero-order valence-corrected chi connectivity index (χ0v) is 17.5. The SMILES string of the molecule is [C-]#[N+]c1ccc(-c2nc(N3CCC(C)CC3)[nH]c(=O)c2-c2ccc(OC)cc2)cc1F. The number of aromatic amines is 1. The van der Waals surface area contributed by atoms with E-state index >= 15 is 0 Å². The average Bonchev–Trinajstić information content (AvgIpc) is 2.79. The lowest BCUT2D eigenvalue weighted by molar-refractivity contribution is 0.415. The van der Waals surface area contributed by atoms with Gasteiger partial charge in [-0.3, -0.25) is 9.78 Å². The largest absolute Gasteiger partial charge is 0.497 e. The number of anilines is 1. The minimum absolute atomic E-state index is 0.0650. The van der Waals surface area contributed by atoms with Crippen molar-refractivity contribution in [3.05, 3.63) is 70.1 Å². The molecule has 2 aromatic carbocycles. The van der Waals surface area contributed by atoms with Crippen molar-refractivity contribution < 1.29 is 9.13 Å². The first-order valence-electron chi connectivity index (χ1n) is 10.2. The number of hydrogen-bond donors (Lipinski definition) is 1. The molecule has 1 aromatic heterocycles. The van der Waals surface area contributed by atoms with Crippen LogP contribution in [0.5, 0.6) is 5.75 Å². The Morgan fingerprint density at radius 1 is 1.16 bits per heavy atom. The minimum Gasteiger partial charge on any atom is -0.497 e. The van der Waals surface area contributed by atoms with Gasteiger partial charge in [-0.2, -0.15) is 0 Å². The number of aromatic nitrogens is 2. The van der Waals surface area contributed by atoms with E-state index in [1.54, 1.807) is 37.4 Å². The van der Waals surface area contributed by atoms with Gasteiger partial charge in [0.05, 0.1) is 24.9 Å². The Bertz CT molecular complexity index is 1190. The lowest BCUT2D eigenvalue weighted by Crippen LogP contribution is -2.35. The number of benzene rings is 2. The predicted molar refractivity (Wildman–Crippen MR) is 119 cm³/mol. The fraction of sp³-hybridized carbons (Fsp3) is 0.292. The van der Waals surface area contributed by atoms with Gasteiger partial charge in [0, 0.05) is 18.7 Å². The molecule has 0 saturated carbocycles. The Hall–Kier alpha value is -3.66. The van der Waals surface area contributed by atoms with Crippen molar-refractivity contribution in [1.29, 1.82) is 0 Å². The molecule has 6 nitrogen and oxygen atoms in total. The van der Waals surface area contributed by atoms with Gasteiger partial charge in [0.2, 0.25) is 11.6 Å². The van der Waals surface area contributed by atoms with Crippen LogP contribution in [0.25, 0.3) is 27.2 Å². The zero-order valence-electron chi connectivity index (χ0n) is 17.5. The molecule has 1 N–H and O–H groups in total. The summed E-state index contributed by atoms with van der Waals surface area (Å²) in [5.41, 5.74) is 1.49. The highest BCUT2D eigenvalue weighted by Gasteiger charge is 2.22. The number of hydrogen-bond acceptors (Lipinski definition) is 4. The summed E-state index contributed by atoms with van der Waals surface area (Å²) >= 11 is 0. The fourth-order valence-corrected chi connectivity index (χ4v) is 3.81. The van der Waals surface area contributed by atoms with Crippen LogP contribution in [0.2, 0.25) is 0 Å². The smallest absolute Gasteiger partial charge is 0.260 e. The number of piperidine rings is 1. The summed E-state index contributed by atoms with van der Waals surface area (Å²) in [6, 6.07) is 11.4. The van der Waals surface area contributed by atoms with Crippen LogP contribution in [0.3, 0.4) is 0 Å². The summed E-state index contributed by atoms with van der Waals surface area (Å²) in [5.74, 6) is 1.15. The van der Waals surface area contributed by atoms with Crippen LogP contribution in [0.4, 0.5) is 16.0 Å². The van der Waals surface area contributed by atoms with Gasteiger partial charge in [-0.05, 0) is 42.5 Å². The van der Waals surface area contributed by atoms with E-state index in [0.29, 0.717) is 40.0 Å². The Kier molecular flexibility index (Phi) is 5.72. The van der Waals surface area contributed by atoms with Gasteiger partial charge in [0.25, 0.3) is 5.56 Å². The lowest BCUT2D eigenvalue weighted by Gasteiger charge is -2.31. The maximum atomic E-state index is 14.4. The number of rotatable bonds is 4. The van der Waals surface area contributed by atoms with Crippen LogP contribution in [0.1, 0.15) is 19.8 Å². The number of halogens is 1. The molecule has 1 aliphatic rings.